The van der Waals surface area contributed by atoms with E-state index in [1.165, 1.54) is 58.3 Å². The second-order valence-corrected chi connectivity index (χ2v) is 40.1. The molecular formula is C92H130N28O24S4. The van der Waals surface area contributed by atoms with Gasteiger partial charge in [-0.3, -0.25) is 110 Å². The molecule has 4 saturated heterocycles. The molecule has 52 nitrogen and oxygen atoms in total. The van der Waals surface area contributed by atoms with Crippen molar-refractivity contribution in [2.75, 3.05) is 62.3 Å². The van der Waals surface area contributed by atoms with E-state index >= 15 is 0 Å². The summed E-state index contributed by atoms with van der Waals surface area (Å²) in [5.74, 6) is -20.5. The Morgan fingerprint density at radius 2 is 0.682 bits per heavy atom. The van der Waals surface area contributed by atoms with Crippen LogP contribution < -0.4 is 138 Å². The number of nitrogens with two attached hydrogens (primary N) is 11. The molecule has 0 unspecified atom stereocenters. The molecule has 148 heavy (non-hydrogen) atoms. The first-order chi connectivity index (χ1) is 70.4. The van der Waals surface area contributed by atoms with Crippen LogP contribution in [0.25, 0.3) is 0 Å². The Morgan fingerprint density at radius 1 is 0.372 bits per heavy atom. The summed E-state index contributed by atoms with van der Waals surface area (Å²) in [6.07, 6.45) is -1.77. The second-order valence-electron chi connectivity index (χ2n) is 35.0. The van der Waals surface area contributed by atoms with Crippen LogP contribution in [0.4, 0.5) is 0 Å². The molecule has 56 heteroatoms. The van der Waals surface area contributed by atoms with Crippen LogP contribution in [0.1, 0.15) is 119 Å². The van der Waals surface area contributed by atoms with Crippen molar-refractivity contribution in [1.82, 2.24) is 84.2 Å². The fraction of sp³-hybridized carbons (Fsp3) is 0.489. The third-order valence-corrected chi connectivity index (χ3v) is 28.2. The number of aliphatic imine (C=N–C) groups is 1. The summed E-state index contributed by atoms with van der Waals surface area (Å²) in [6.45, 7) is -0.590. The largest absolute Gasteiger partial charge is 0.508 e. The van der Waals surface area contributed by atoms with Gasteiger partial charge in [0.25, 0.3) is 0 Å². The smallest absolute Gasteiger partial charge is 0.246 e. The number of aromatic hydroxyl groups is 2. The molecule has 4 heterocycles. The van der Waals surface area contributed by atoms with E-state index < -0.39 is 278 Å². The van der Waals surface area contributed by atoms with Crippen molar-refractivity contribution in [2.45, 2.75) is 219 Å². The summed E-state index contributed by atoms with van der Waals surface area (Å²) < 4.78 is 0. The number of phenolic OH excluding ortho intramolecular Hbond substituents is 2. The van der Waals surface area contributed by atoms with Crippen LogP contribution in [0, 0.1) is 0 Å². The average molecular weight is 2140 g/mol. The van der Waals surface area contributed by atoms with Gasteiger partial charge in [0.2, 0.25) is 130 Å². The first-order valence-corrected chi connectivity index (χ1v) is 52.2. The Kier molecular flexibility index (Phi) is 50.2. The highest BCUT2D eigenvalue weighted by Gasteiger charge is 2.45. The Balaban J connectivity index is 0.000000401. The third kappa shape index (κ3) is 41.7. The number of likely N-dealkylation sites (tertiary alicyclic amines) is 2. The molecule has 16 atom stereocenters. The zero-order valence-electron chi connectivity index (χ0n) is 80.8. The molecule has 0 saturated carbocycles. The van der Waals surface area contributed by atoms with E-state index in [1.54, 1.807) is 60.7 Å². The highest BCUT2D eigenvalue weighted by molar-refractivity contribution is 8.77. The van der Waals surface area contributed by atoms with Gasteiger partial charge in [-0.2, -0.15) is 0 Å². The maximum absolute atomic E-state index is 14.6. The van der Waals surface area contributed by atoms with Crippen LogP contribution >= 0.6 is 43.2 Å². The number of carbonyl (C=O) groups excluding carboxylic acids is 22. The summed E-state index contributed by atoms with van der Waals surface area (Å²) in [5.41, 5.74) is 63.6. The Hall–Kier alpha value is -14.6. The molecule has 4 fully saturated rings. The predicted molar refractivity (Wildman–Crippen MR) is 544 cm³/mol. The zero-order chi connectivity index (χ0) is 109. The number of nitrogens with one attached hydrogen (secondary N) is 14. The maximum Gasteiger partial charge on any atom is 0.246 e. The molecule has 0 aliphatic carbocycles. The SMILES string of the molecule is NC(=O)CC[C@@H]1NC(=O)[C@H](Cc2ccccc2)NC(=O)[C@H](Cc2ccc(O)cc2)NC(=O)[C@@H](N)CSSC[C@@H](C(=O)N2CCC[C@H]2C(=O)N[C@@H](CCCN=C(N)N)C(=O)NCC(N)=O)NC(=O)[C@H](CC(N)=O)NC1=O.NCCCC[C@H](NC(=O)[C@@H]1CCCN1C(=O)[C@@H]1CSSC[C@H](N)C(=O)N[C@@H](Cc2ccc(O)cc2)C(=O)N[C@@H](Cc2ccccc2)C(=O)N[C@@H](CCC(N)=O)C(=O)N[C@@H](CC(N)=O)C(=O)N1)C(=O)NCC(N)=O. The number of nitrogens with zero attached hydrogens (tertiary/aromatic N) is 3. The van der Waals surface area contributed by atoms with Crippen molar-refractivity contribution in [3.63, 3.8) is 0 Å². The van der Waals surface area contributed by atoms with Gasteiger partial charge in [-0.05, 0) is 124 Å². The molecule has 38 N–H and O–H groups in total. The zero-order valence-corrected chi connectivity index (χ0v) is 84.1. The molecule has 4 aromatic carbocycles. The quantitative estimate of drug-likeness (QED) is 0.00857. The van der Waals surface area contributed by atoms with Gasteiger partial charge in [0.1, 0.15) is 96.1 Å². The number of benzene rings is 4. The van der Waals surface area contributed by atoms with E-state index in [2.05, 4.69) is 79.4 Å². The van der Waals surface area contributed by atoms with Gasteiger partial charge in [-0.15, -0.1) is 0 Å². The number of carbonyl (C=O) groups is 22. The lowest BCUT2D eigenvalue weighted by molar-refractivity contribution is -0.142. The van der Waals surface area contributed by atoms with Crippen LogP contribution in [-0.4, -0.2) is 315 Å². The highest BCUT2D eigenvalue weighted by atomic mass is 33.1. The van der Waals surface area contributed by atoms with Gasteiger partial charge < -0.3 is 158 Å². The molecule has 0 radical (unpaired) electrons. The fourth-order valence-electron chi connectivity index (χ4n) is 15.6. The lowest BCUT2D eigenvalue weighted by Gasteiger charge is -2.31. The van der Waals surface area contributed by atoms with Gasteiger partial charge in [0, 0.05) is 81.2 Å². The summed E-state index contributed by atoms with van der Waals surface area (Å²) in [4.78, 5) is 302. The first-order valence-electron chi connectivity index (χ1n) is 47.3. The van der Waals surface area contributed by atoms with Gasteiger partial charge in [0.05, 0.1) is 38.0 Å². The van der Waals surface area contributed by atoms with E-state index in [0.717, 1.165) is 43.2 Å². The van der Waals surface area contributed by atoms with E-state index in [4.69, 9.17) is 63.1 Å². The summed E-state index contributed by atoms with van der Waals surface area (Å²) in [5, 5.41) is 55.4. The molecule has 8 rings (SSSR count). The number of rotatable bonds is 38. The van der Waals surface area contributed by atoms with Crippen molar-refractivity contribution >= 4 is 179 Å². The standard InChI is InChI=1S/C46H65N15O12S2.C46H65N13O12S2/c47-27-22-74-75-23-33(45(73)61-17-5-9-34(61)44(72)56-28(8-4-16-53-46(51)52)39(67)54-21-37(50)65)60-43(71)32(20-36(49)64)59-40(68)29(14-15-35(48)63)55-41(69)31(18-24-6-2-1-3-7-24)58-42(70)30(57-38(27)66)19-25-10-12-26(62)13-11-25;47-17-5-4-9-29(40(65)52-22-38(51)63)54-45(70)35-10-6-18-59(35)46(71)34-24-73-72-23-28(48)39(64)55-31(20-26-11-13-27(60)14-12-26)43(68)56-32(19-25-7-2-1-3-8-25)42(67)53-30(15-16-36(49)61)41(66)57-33(21-37(50)62)44(69)58-34/h1-3,6-7,10-13,27-34,62H,4-5,8-9,14-23,47H2,(H2,48,63)(H2,49,64)(H2,50,65)(H,54,67)(H,55,69)(H,56,72)(H,57,66)(H,58,70)(H,59,68)(H,60,71)(H4,51,52,53);1-3,7-8,11-14,28-35,60H,4-6,9-10,15-24,47-48H2,(H2,49,61)(H2,50,62)(H2,51,63)(H,52,65)(H,53,67)(H,54,70)(H,55,64)(H,56,68)(H,57,66)(H,58,69)/t27-,28-,29-,30-,31-,32-,33-,34-;28-,29-,30-,31-,32-,33-,34-,35-/m00/s1. The molecular weight excluding hydrogens is 2010 g/mol. The van der Waals surface area contributed by atoms with Crippen LogP contribution in [0.15, 0.2) is 114 Å². The van der Waals surface area contributed by atoms with Gasteiger partial charge >= 0.3 is 0 Å². The summed E-state index contributed by atoms with van der Waals surface area (Å²) >= 11 is 0. The number of primary amides is 6. The first kappa shape index (κ1) is 120. The molecule has 806 valence electrons. The molecule has 0 bridgehead atoms. The minimum absolute atomic E-state index is 0.00106. The third-order valence-electron chi connectivity index (χ3n) is 23.3. The summed E-state index contributed by atoms with van der Waals surface area (Å²) in [6, 6.07) is 5.89. The molecule has 0 spiro atoms. The maximum atomic E-state index is 14.6. The van der Waals surface area contributed by atoms with Crippen molar-refractivity contribution in [2.24, 2.45) is 68.1 Å². The van der Waals surface area contributed by atoms with Crippen LogP contribution in [-0.2, 0) is 131 Å². The Bertz CT molecular complexity index is 5360. The normalized spacial score (nSPS) is 22.8. The number of hydrogen-bond acceptors (Lipinski definition) is 32. The van der Waals surface area contributed by atoms with Crippen molar-refractivity contribution < 1.29 is 116 Å². The van der Waals surface area contributed by atoms with Gasteiger partial charge in [-0.25, -0.2) is 0 Å². The Labute approximate surface area is 866 Å². The number of guanidine groups is 1. The summed E-state index contributed by atoms with van der Waals surface area (Å²) in [7, 11) is 4.02. The number of hydrogen-bond donors (Lipinski definition) is 27. The topological polar surface area (TPSA) is 889 Å². The lowest BCUT2D eigenvalue weighted by atomic mass is 10.0. The van der Waals surface area contributed by atoms with Crippen molar-refractivity contribution in [3.05, 3.63) is 131 Å². The Morgan fingerprint density at radius 3 is 1.01 bits per heavy atom. The molecule has 0 aromatic heterocycles. The average Bonchev–Trinajstić information content (AvgIpc) is 1.72. The van der Waals surface area contributed by atoms with Crippen LogP contribution in [0.5, 0.6) is 11.5 Å². The number of unbranched alkanes of at least 4 members (excludes halogenated alkanes) is 1. The highest BCUT2D eigenvalue weighted by Crippen LogP contribution is 2.29. The number of amides is 22. The fourth-order valence-corrected chi connectivity index (χ4v) is 20.1. The van der Waals surface area contributed by atoms with Crippen LogP contribution in [0.2, 0.25) is 0 Å². The van der Waals surface area contributed by atoms with Crippen molar-refractivity contribution in [1.29, 1.82) is 0 Å². The molecule has 4 aliphatic rings. The molecule has 4 aliphatic heterocycles. The van der Waals surface area contributed by atoms with E-state index in [9.17, 15) is 116 Å². The lowest BCUT2D eigenvalue weighted by Crippen LogP contribution is -2.61. The van der Waals surface area contributed by atoms with Gasteiger partial charge in [0.15, 0.2) is 5.96 Å². The monoisotopic (exact) mass is 2140 g/mol. The van der Waals surface area contributed by atoms with E-state index in [-0.39, 0.29) is 118 Å². The van der Waals surface area contributed by atoms with E-state index in [1.807, 2.05) is 0 Å². The van der Waals surface area contributed by atoms with E-state index in [0.29, 0.717) is 54.5 Å². The van der Waals surface area contributed by atoms with Crippen LogP contribution in [0.3, 0.4) is 0 Å². The molecule has 4 aromatic rings. The minimum atomic E-state index is -1.80. The van der Waals surface area contributed by atoms with Gasteiger partial charge in [-0.1, -0.05) is 128 Å². The second kappa shape index (κ2) is 61.7. The predicted octanol–water partition coefficient (Wildman–Crippen LogP) is -9.73. The van der Waals surface area contributed by atoms with Crippen molar-refractivity contribution in [3.8, 4) is 11.5 Å². The number of phenols is 2. The minimum Gasteiger partial charge on any atom is -0.508 e. The molecule has 22 amide bonds.